The number of aromatic nitrogens is 3. The van der Waals surface area contributed by atoms with Crippen LogP contribution >= 0.6 is 0 Å². The normalized spacial score (nSPS) is 17.7. The Hall–Kier alpha value is -4.71. The highest BCUT2D eigenvalue weighted by atomic mass is 19.1. The molecule has 206 valence electrons. The number of rotatable bonds is 5. The number of hydrogen-bond donors (Lipinski definition) is 2. The summed E-state index contributed by atoms with van der Waals surface area (Å²) in [7, 11) is 0. The van der Waals surface area contributed by atoms with Gasteiger partial charge in [-0.15, -0.1) is 5.10 Å². The van der Waals surface area contributed by atoms with Crippen LogP contribution in [0.1, 0.15) is 47.2 Å². The number of aliphatic hydroxyl groups is 1. The Morgan fingerprint density at radius 3 is 2.54 bits per heavy atom. The van der Waals surface area contributed by atoms with Crippen molar-refractivity contribution < 1.29 is 18.7 Å². The van der Waals surface area contributed by atoms with Crippen molar-refractivity contribution in [2.75, 3.05) is 13.1 Å². The summed E-state index contributed by atoms with van der Waals surface area (Å²) in [5.74, 6) is -1.85. The summed E-state index contributed by atoms with van der Waals surface area (Å²) in [5, 5.41) is 38.1. The van der Waals surface area contributed by atoms with E-state index in [-0.39, 0.29) is 46.2 Å². The molecule has 0 spiro atoms. The highest BCUT2D eigenvalue weighted by Crippen LogP contribution is 2.39. The van der Waals surface area contributed by atoms with Crippen molar-refractivity contribution in [3.63, 3.8) is 0 Å². The molecule has 3 aromatic carbocycles. The Balaban J connectivity index is 1.52. The molecule has 0 bridgehead atoms. The standard InChI is InChI=1S/C30H25F2N7O2/c31-25-11-17(2-3-19(25)13-33)22-10-18(29(40)38-9-6-20(35)15-38)4-5-21(22)23-12-26-28(24(14-34)27(23)32)39(37-36-26)16-30(41)7-1-8-30/h2-5,10-12,20,41H,1,6-9,15-16,35H2/t20-/m0/s1. The minimum Gasteiger partial charge on any atom is -0.388 e. The Labute approximate surface area is 234 Å². The van der Waals surface area contributed by atoms with Gasteiger partial charge >= 0.3 is 0 Å². The zero-order valence-electron chi connectivity index (χ0n) is 21.9. The molecular formula is C30H25F2N7O2. The molecule has 11 heteroatoms. The number of benzene rings is 3. The fraction of sp³-hybridized carbons (Fsp3) is 0.300. The van der Waals surface area contributed by atoms with E-state index in [1.54, 1.807) is 29.2 Å². The van der Waals surface area contributed by atoms with Gasteiger partial charge in [0, 0.05) is 30.3 Å². The maximum absolute atomic E-state index is 16.2. The molecule has 1 saturated carbocycles. The Bertz CT molecular complexity index is 1800. The van der Waals surface area contributed by atoms with Crippen molar-refractivity contribution >= 4 is 16.9 Å². The number of carbonyl (C=O) groups is 1. The van der Waals surface area contributed by atoms with Gasteiger partial charge in [0.1, 0.15) is 34.6 Å². The fourth-order valence-corrected chi connectivity index (χ4v) is 5.63. The third kappa shape index (κ3) is 4.59. The number of nitrogens with zero attached hydrogens (tertiary/aromatic N) is 6. The lowest BCUT2D eigenvalue weighted by atomic mass is 9.80. The van der Waals surface area contributed by atoms with Gasteiger partial charge < -0.3 is 15.7 Å². The molecule has 0 unspecified atom stereocenters. The molecule has 0 radical (unpaired) electrons. The average Bonchev–Trinajstić information content (AvgIpc) is 3.57. The Morgan fingerprint density at radius 2 is 1.90 bits per heavy atom. The lowest BCUT2D eigenvalue weighted by Gasteiger charge is -2.36. The summed E-state index contributed by atoms with van der Waals surface area (Å²) < 4.78 is 32.2. The van der Waals surface area contributed by atoms with E-state index in [9.17, 15) is 24.8 Å². The van der Waals surface area contributed by atoms with Crippen molar-refractivity contribution in [1.29, 1.82) is 10.5 Å². The summed E-state index contributed by atoms with van der Waals surface area (Å²) in [4.78, 5) is 14.9. The van der Waals surface area contributed by atoms with Crippen molar-refractivity contribution in [2.24, 2.45) is 5.73 Å². The predicted molar refractivity (Wildman–Crippen MR) is 145 cm³/mol. The van der Waals surface area contributed by atoms with Gasteiger partial charge in [-0.25, -0.2) is 13.5 Å². The molecular weight excluding hydrogens is 528 g/mol. The van der Waals surface area contributed by atoms with Gasteiger partial charge in [0.15, 0.2) is 5.82 Å². The molecule has 1 aliphatic heterocycles. The first-order chi connectivity index (χ1) is 19.7. The van der Waals surface area contributed by atoms with E-state index < -0.39 is 17.2 Å². The van der Waals surface area contributed by atoms with Crippen LogP contribution in [0.15, 0.2) is 42.5 Å². The summed E-state index contributed by atoms with van der Waals surface area (Å²) >= 11 is 0. The molecule has 41 heavy (non-hydrogen) atoms. The zero-order valence-corrected chi connectivity index (χ0v) is 21.9. The van der Waals surface area contributed by atoms with Gasteiger partial charge in [0.05, 0.1) is 17.7 Å². The minimum absolute atomic E-state index is 0.0189. The van der Waals surface area contributed by atoms with Gasteiger partial charge in [-0.3, -0.25) is 4.79 Å². The van der Waals surface area contributed by atoms with Crippen LogP contribution in [0.5, 0.6) is 0 Å². The summed E-state index contributed by atoms with van der Waals surface area (Å²) in [5.41, 5.74) is 6.28. The van der Waals surface area contributed by atoms with Gasteiger partial charge in [-0.2, -0.15) is 10.5 Å². The summed E-state index contributed by atoms with van der Waals surface area (Å²) in [6, 6.07) is 13.7. The van der Waals surface area contributed by atoms with Crippen LogP contribution in [0.4, 0.5) is 8.78 Å². The smallest absolute Gasteiger partial charge is 0.253 e. The van der Waals surface area contributed by atoms with Gasteiger partial charge in [-0.05, 0) is 72.7 Å². The molecule has 1 amide bonds. The van der Waals surface area contributed by atoms with Crippen LogP contribution < -0.4 is 5.73 Å². The average molecular weight is 554 g/mol. The Kier molecular flexibility index (Phi) is 6.49. The van der Waals surface area contributed by atoms with Crippen LogP contribution in [0.25, 0.3) is 33.3 Å². The number of nitrogens with two attached hydrogens (primary N) is 1. The van der Waals surface area contributed by atoms with Crippen LogP contribution in [0.3, 0.4) is 0 Å². The van der Waals surface area contributed by atoms with Crippen LogP contribution in [0, 0.1) is 34.3 Å². The highest BCUT2D eigenvalue weighted by molar-refractivity contribution is 5.99. The number of fused-ring (bicyclic) bond motifs is 1. The predicted octanol–water partition coefficient (Wildman–Crippen LogP) is 3.88. The minimum atomic E-state index is -0.975. The number of nitriles is 2. The van der Waals surface area contributed by atoms with Crippen LogP contribution in [-0.2, 0) is 6.54 Å². The fourth-order valence-electron chi connectivity index (χ4n) is 5.63. The number of carbonyl (C=O) groups excluding carboxylic acids is 1. The summed E-state index contributed by atoms with van der Waals surface area (Å²) in [6.45, 7) is 0.997. The zero-order chi connectivity index (χ0) is 28.9. The lowest BCUT2D eigenvalue weighted by Crippen LogP contribution is -2.41. The molecule has 1 saturated heterocycles. The highest BCUT2D eigenvalue weighted by Gasteiger charge is 2.36. The second-order valence-electron chi connectivity index (χ2n) is 10.8. The van der Waals surface area contributed by atoms with Crippen molar-refractivity contribution in [3.8, 4) is 34.4 Å². The molecule has 4 aromatic rings. The van der Waals surface area contributed by atoms with Gasteiger partial charge in [0.2, 0.25) is 0 Å². The largest absolute Gasteiger partial charge is 0.388 e. The van der Waals surface area contributed by atoms with E-state index in [2.05, 4.69) is 10.3 Å². The number of halogens is 2. The number of likely N-dealkylation sites (tertiary alicyclic amines) is 1. The summed E-state index contributed by atoms with van der Waals surface area (Å²) in [6.07, 6.45) is 2.71. The lowest BCUT2D eigenvalue weighted by molar-refractivity contribution is -0.0492. The van der Waals surface area contributed by atoms with Crippen LogP contribution in [0.2, 0.25) is 0 Å². The molecule has 3 N–H and O–H groups in total. The quantitative estimate of drug-likeness (QED) is 0.382. The second-order valence-corrected chi connectivity index (χ2v) is 10.8. The van der Waals surface area contributed by atoms with Crippen molar-refractivity contribution in [3.05, 3.63) is 70.8 Å². The first-order valence-electron chi connectivity index (χ1n) is 13.3. The monoisotopic (exact) mass is 553 g/mol. The number of amides is 1. The maximum Gasteiger partial charge on any atom is 0.253 e. The maximum atomic E-state index is 16.2. The third-order valence-corrected chi connectivity index (χ3v) is 8.04. The van der Waals surface area contributed by atoms with E-state index in [1.165, 1.54) is 22.9 Å². The first-order valence-corrected chi connectivity index (χ1v) is 13.3. The van der Waals surface area contributed by atoms with E-state index in [4.69, 9.17) is 5.73 Å². The van der Waals surface area contributed by atoms with E-state index in [0.29, 0.717) is 54.6 Å². The molecule has 2 heterocycles. The molecule has 9 nitrogen and oxygen atoms in total. The second kappa shape index (κ2) is 10.0. The molecule has 1 aromatic heterocycles. The molecule has 2 aliphatic rings. The van der Waals surface area contributed by atoms with Crippen molar-refractivity contribution in [2.45, 2.75) is 43.9 Å². The van der Waals surface area contributed by atoms with Gasteiger partial charge in [-0.1, -0.05) is 17.3 Å². The van der Waals surface area contributed by atoms with Crippen LogP contribution in [-0.4, -0.2) is 55.6 Å². The molecule has 1 aliphatic carbocycles. The Morgan fingerprint density at radius 1 is 1.10 bits per heavy atom. The van der Waals surface area contributed by atoms with Crippen molar-refractivity contribution in [1.82, 2.24) is 19.9 Å². The molecule has 6 rings (SSSR count). The van der Waals surface area contributed by atoms with E-state index >= 15 is 4.39 Å². The topological polar surface area (TPSA) is 145 Å². The van der Waals surface area contributed by atoms with E-state index in [1.807, 2.05) is 6.07 Å². The SMILES string of the molecule is N#Cc1ccc(-c2cc(C(=O)N3CC[C@H](N)C3)ccc2-c2cc3nnn(CC4(O)CCC4)c3c(C#N)c2F)cc1F. The van der Waals surface area contributed by atoms with E-state index in [0.717, 1.165) is 12.5 Å². The molecule has 1 atom stereocenters. The third-order valence-electron chi connectivity index (χ3n) is 8.04. The number of hydrogen-bond acceptors (Lipinski definition) is 7. The van der Waals surface area contributed by atoms with Gasteiger partial charge in [0.25, 0.3) is 5.91 Å². The molecule has 2 fully saturated rings. The first kappa shape index (κ1) is 26.5.